The molecule has 0 aliphatic rings. The molecule has 1 aromatic heterocycles. The summed E-state index contributed by atoms with van der Waals surface area (Å²) in [6.45, 7) is 0. The van der Waals surface area contributed by atoms with Crippen LogP contribution < -0.4 is 0 Å². The molecule has 0 radical (unpaired) electrons. The summed E-state index contributed by atoms with van der Waals surface area (Å²) < 4.78 is 0. The minimum absolute atomic E-state index is 0.225. The van der Waals surface area contributed by atoms with Crippen molar-refractivity contribution in [3.8, 4) is 0 Å². The number of thioether (sulfide) groups is 1. The second-order valence-corrected chi connectivity index (χ2v) is 2.72. The number of carbonyl (C=O) groups is 1. The summed E-state index contributed by atoms with van der Waals surface area (Å²) in [5, 5.41) is 9.33. The monoisotopic (exact) mass is 169 g/mol. The Kier molecular flexibility index (Phi) is 2.48. The van der Waals surface area contributed by atoms with Gasteiger partial charge in [0.1, 0.15) is 0 Å². The Morgan fingerprint density at radius 3 is 2.73 bits per heavy atom. The summed E-state index contributed by atoms with van der Waals surface area (Å²) in [5.41, 5.74) is 0.225. The number of hydrogen-bond donors (Lipinski definition) is 1. The molecule has 0 aromatic carbocycles. The van der Waals surface area contributed by atoms with Crippen LogP contribution in [0.15, 0.2) is 23.4 Å². The Morgan fingerprint density at radius 2 is 2.36 bits per heavy atom. The third-order valence-corrected chi connectivity index (χ3v) is 1.85. The van der Waals surface area contributed by atoms with E-state index >= 15 is 0 Å². The zero-order valence-electron chi connectivity index (χ0n) is 5.94. The molecule has 0 atom stereocenters. The highest BCUT2D eigenvalue weighted by Crippen LogP contribution is 2.10. The van der Waals surface area contributed by atoms with Crippen molar-refractivity contribution in [3.63, 3.8) is 0 Å². The zero-order valence-corrected chi connectivity index (χ0v) is 6.76. The van der Waals surface area contributed by atoms with E-state index in [0.29, 0.717) is 0 Å². The van der Waals surface area contributed by atoms with Gasteiger partial charge in [-0.2, -0.15) is 0 Å². The van der Waals surface area contributed by atoms with Crippen LogP contribution in [0.5, 0.6) is 0 Å². The quantitative estimate of drug-likeness (QED) is 0.681. The van der Waals surface area contributed by atoms with Crippen molar-refractivity contribution in [2.24, 2.45) is 0 Å². The van der Waals surface area contributed by atoms with Gasteiger partial charge in [0.25, 0.3) is 0 Å². The van der Waals surface area contributed by atoms with Gasteiger partial charge in [-0.25, -0.2) is 9.78 Å². The van der Waals surface area contributed by atoms with E-state index in [1.54, 1.807) is 12.1 Å². The Bertz CT molecular complexity index is 258. The number of carboxylic acid groups (broad SMARTS) is 1. The molecular formula is C7H7NO2S. The maximum Gasteiger partial charge on any atom is 0.337 e. The molecule has 0 fully saturated rings. The van der Waals surface area contributed by atoms with E-state index < -0.39 is 5.97 Å². The van der Waals surface area contributed by atoms with Gasteiger partial charge in [0.2, 0.25) is 0 Å². The first kappa shape index (κ1) is 8.07. The number of pyridine rings is 1. The molecule has 4 heteroatoms. The molecule has 0 unspecified atom stereocenters. The van der Waals surface area contributed by atoms with E-state index in [2.05, 4.69) is 4.98 Å². The summed E-state index contributed by atoms with van der Waals surface area (Å²) in [6.07, 6.45) is 3.25. The number of nitrogens with zero attached hydrogens (tertiary/aromatic N) is 1. The number of rotatable bonds is 2. The Morgan fingerprint density at radius 1 is 1.64 bits per heavy atom. The fraction of sp³-hybridized carbons (Fsp3) is 0.143. The molecule has 11 heavy (non-hydrogen) atoms. The lowest BCUT2D eigenvalue weighted by Crippen LogP contribution is -1.96. The zero-order chi connectivity index (χ0) is 8.27. The molecular weight excluding hydrogens is 162 g/mol. The van der Waals surface area contributed by atoms with Gasteiger partial charge >= 0.3 is 5.97 Å². The fourth-order valence-electron chi connectivity index (χ4n) is 0.628. The van der Waals surface area contributed by atoms with Crippen molar-refractivity contribution < 1.29 is 9.90 Å². The third-order valence-electron chi connectivity index (χ3n) is 1.19. The molecule has 0 saturated heterocycles. The van der Waals surface area contributed by atoms with E-state index in [0.717, 1.165) is 5.03 Å². The van der Waals surface area contributed by atoms with Gasteiger partial charge in [-0.1, -0.05) is 0 Å². The lowest BCUT2D eigenvalue weighted by molar-refractivity contribution is 0.0696. The first-order valence-electron chi connectivity index (χ1n) is 2.97. The van der Waals surface area contributed by atoms with Crippen LogP contribution in [0.2, 0.25) is 0 Å². The van der Waals surface area contributed by atoms with Gasteiger partial charge in [-0.05, 0) is 18.4 Å². The van der Waals surface area contributed by atoms with Crippen LogP contribution in [-0.4, -0.2) is 22.3 Å². The molecule has 1 aromatic rings. The lowest BCUT2D eigenvalue weighted by atomic mass is 10.3. The standard InChI is InChI=1S/C7H7NO2S/c1-11-6-3-2-5(4-8-6)7(9)10/h2-4H,1H3,(H,9,10). The number of aromatic carboxylic acids is 1. The first-order valence-corrected chi connectivity index (χ1v) is 4.20. The Balaban J connectivity index is 2.91. The van der Waals surface area contributed by atoms with E-state index in [-0.39, 0.29) is 5.56 Å². The number of carboxylic acids is 1. The van der Waals surface area contributed by atoms with Gasteiger partial charge in [0, 0.05) is 6.20 Å². The van der Waals surface area contributed by atoms with Gasteiger partial charge < -0.3 is 5.11 Å². The van der Waals surface area contributed by atoms with Crippen LogP contribution in [0, 0.1) is 0 Å². The second-order valence-electron chi connectivity index (χ2n) is 1.89. The predicted octanol–water partition coefficient (Wildman–Crippen LogP) is 1.50. The Labute approximate surface area is 68.5 Å². The van der Waals surface area contributed by atoms with Crippen molar-refractivity contribution in [2.75, 3.05) is 6.26 Å². The molecule has 0 aliphatic carbocycles. The van der Waals surface area contributed by atoms with Gasteiger partial charge in [-0.15, -0.1) is 11.8 Å². The van der Waals surface area contributed by atoms with Crippen molar-refractivity contribution in [1.82, 2.24) is 4.98 Å². The van der Waals surface area contributed by atoms with Crippen LogP contribution in [-0.2, 0) is 0 Å². The van der Waals surface area contributed by atoms with Crippen LogP contribution in [0.25, 0.3) is 0 Å². The van der Waals surface area contributed by atoms with Crippen molar-refractivity contribution in [2.45, 2.75) is 5.03 Å². The minimum Gasteiger partial charge on any atom is -0.478 e. The first-order chi connectivity index (χ1) is 5.24. The van der Waals surface area contributed by atoms with Crippen molar-refractivity contribution >= 4 is 17.7 Å². The molecule has 3 nitrogen and oxygen atoms in total. The van der Waals surface area contributed by atoms with Gasteiger partial charge in [0.05, 0.1) is 10.6 Å². The normalized spacial score (nSPS) is 9.55. The average Bonchev–Trinajstić information content (AvgIpc) is 2.05. The predicted molar refractivity (Wildman–Crippen MR) is 43.0 cm³/mol. The van der Waals surface area contributed by atoms with Crippen molar-refractivity contribution in [1.29, 1.82) is 0 Å². The maximum absolute atomic E-state index is 10.4. The van der Waals surface area contributed by atoms with Crippen LogP contribution >= 0.6 is 11.8 Å². The summed E-state index contributed by atoms with van der Waals surface area (Å²) in [6, 6.07) is 3.23. The van der Waals surface area contributed by atoms with E-state index in [4.69, 9.17) is 5.11 Å². The summed E-state index contributed by atoms with van der Waals surface area (Å²) in [5.74, 6) is -0.940. The smallest absolute Gasteiger partial charge is 0.337 e. The largest absolute Gasteiger partial charge is 0.478 e. The number of hydrogen-bond acceptors (Lipinski definition) is 3. The summed E-state index contributed by atoms with van der Waals surface area (Å²) in [7, 11) is 0. The lowest BCUT2D eigenvalue weighted by Gasteiger charge is -1.94. The molecule has 0 aliphatic heterocycles. The summed E-state index contributed by atoms with van der Waals surface area (Å²) in [4.78, 5) is 14.3. The molecule has 0 bridgehead atoms. The summed E-state index contributed by atoms with van der Waals surface area (Å²) >= 11 is 1.49. The van der Waals surface area contributed by atoms with Crippen molar-refractivity contribution in [3.05, 3.63) is 23.9 Å². The van der Waals surface area contributed by atoms with Crippen LogP contribution in [0.4, 0.5) is 0 Å². The average molecular weight is 169 g/mol. The van der Waals surface area contributed by atoms with Gasteiger partial charge in [-0.3, -0.25) is 0 Å². The highest BCUT2D eigenvalue weighted by molar-refractivity contribution is 7.98. The van der Waals surface area contributed by atoms with E-state index in [9.17, 15) is 4.79 Å². The second kappa shape index (κ2) is 3.39. The third kappa shape index (κ3) is 1.94. The van der Waals surface area contributed by atoms with Crippen LogP contribution in [0.3, 0.4) is 0 Å². The molecule has 1 N–H and O–H groups in total. The minimum atomic E-state index is -0.940. The highest BCUT2D eigenvalue weighted by Gasteiger charge is 2.01. The SMILES string of the molecule is CSc1ccc(C(=O)O)cn1. The molecule has 1 heterocycles. The fourth-order valence-corrected chi connectivity index (χ4v) is 0.990. The highest BCUT2D eigenvalue weighted by atomic mass is 32.2. The molecule has 0 amide bonds. The number of aromatic nitrogens is 1. The van der Waals surface area contributed by atoms with Crippen LogP contribution in [0.1, 0.15) is 10.4 Å². The molecule has 1 rings (SSSR count). The molecule has 0 spiro atoms. The topological polar surface area (TPSA) is 50.2 Å². The maximum atomic E-state index is 10.4. The van der Waals surface area contributed by atoms with E-state index in [1.807, 2.05) is 6.26 Å². The van der Waals surface area contributed by atoms with E-state index in [1.165, 1.54) is 18.0 Å². The molecule has 0 saturated carbocycles. The Hall–Kier alpha value is -1.03. The van der Waals surface area contributed by atoms with Gasteiger partial charge in [0.15, 0.2) is 0 Å². The molecule has 58 valence electrons.